The summed E-state index contributed by atoms with van der Waals surface area (Å²) in [5.41, 5.74) is 2.58. The van der Waals surface area contributed by atoms with Gasteiger partial charge in [-0.3, -0.25) is 10.1 Å². The minimum Gasteiger partial charge on any atom is -0.496 e. The third-order valence-corrected chi connectivity index (χ3v) is 5.51. The van der Waals surface area contributed by atoms with E-state index in [-0.39, 0.29) is 11.9 Å². The van der Waals surface area contributed by atoms with Crippen LogP contribution in [0.15, 0.2) is 53.9 Å². The van der Waals surface area contributed by atoms with Crippen molar-refractivity contribution in [2.75, 3.05) is 25.6 Å². The molecule has 1 amide bonds. The number of hydrogen-bond donors (Lipinski definition) is 1. The van der Waals surface area contributed by atoms with E-state index < -0.39 is 0 Å². The minimum absolute atomic E-state index is 0.236. The number of anilines is 1. The van der Waals surface area contributed by atoms with Gasteiger partial charge in [0.05, 0.1) is 12.8 Å². The Morgan fingerprint density at radius 1 is 1.19 bits per heavy atom. The van der Waals surface area contributed by atoms with E-state index in [1.165, 1.54) is 17.4 Å². The minimum atomic E-state index is -0.327. The summed E-state index contributed by atoms with van der Waals surface area (Å²) in [5, 5.41) is 9.10. The van der Waals surface area contributed by atoms with Gasteiger partial charge in [0.15, 0.2) is 11.5 Å². The van der Waals surface area contributed by atoms with Crippen molar-refractivity contribution in [2.24, 2.45) is 0 Å². The number of carbonyl (C=O) groups is 1. The van der Waals surface area contributed by atoms with Gasteiger partial charge < -0.3 is 14.2 Å². The van der Waals surface area contributed by atoms with Crippen LogP contribution in [-0.4, -0.2) is 40.8 Å². The monoisotopic (exact) mass is 434 g/mol. The first-order valence-corrected chi connectivity index (χ1v) is 10.5. The molecule has 0 unspecified atom stereocenters. The molecule has 1 aliphatic rings. The molecule has 0 bridgehead atoms. The molecule has 3 heterocycles. The standard InChI is InChI=1S/C22H18N4O4S/c1-28-17-5-3-2-4-15(17)16-13-31-22-24-21(25-26(16)22)23-20(27)9-7-14-6-8-18-19(12-14)30-11-10-29-18/h2-9,12-13H,10-11H2,1H3,(H,23,25,27)/b9-7-. The molecule has 1 N–H and O–H groups in total. The molecule has 0 saturated heterocycles. The predicted molar refractivity (Wildman–Crippen MR) is 118 cm³/mol. The Morgan fingerprint density at radius 3 is 2.90 bits per heavy atom. The maximum atomic E-state index is 12.4. The fraction of sp³-hybridized carbons (Fsp3) is 0.136. The lowest BCUT2D eigenvalue weighted by Crippen LogP contribution is -2.15. The number of fused-ring (bicyclic) bond motifs is 2. The molecule has 8 nitrogen and oxygen atoms in total. The zero-order chi connectivity index (χ0) is 21.2. The number of rotatable bonds is 5. The molecule has 4 aromatic rings. The Hall–Kier alpha value is -3.85. The molecule has 0 atom stereocenters. The van der Waals surface area contributed by atoms with Crippen LogP contribution >= 0.6 is 11.3 Å². The SMILES string of the molecule is COc1ccccc1-c1csc2nc(NC(=O)/C=C\c3ccc4c(c3)OCCO4)nn12. The van der Waals surface area contributed by atoms with Crippen molar-refractivity contribution in [3.05, 3.63) is 59.5 Å². The molecule has 0 aliphatic carbocycles. The number of nitrogens with zero attached hydrogens (tertiary/aromatic N) is 3. The molecule has 2 aromatic heterocycles. The fourth-order valence-corrected chi connectivity index (χ4v) is 4.09. The van der Waals surface area contributed by atoms with Gasteiger partial charge >= 0.3 is 0 Å². The Labute approximate surface area is 181 Å². The summed E-state index contributed by atoms with van der Waals surface area (Å²) in [6.07, 6.45) is 3.13. The first-order valence-electron chi connectivity index (χ1n) is 9.57. The quantitative estimate of drug-likeness (QED) is 0.480. The lowest BCUT2D eigenvalue weighted by atomic mass is 10.1. The lowest BCUT2D eigenvalue weighted by Gasteiger charge is -2.18. The fourth-order valence-electron chi connectivity index (χ4n) is 3.26. The van der Waals surface area contributed by atoms with Crippen LogP contribution in [0.1, 0.15) is 5.56 Å². The summed E-state index contributed by atoms with van der Waals surface area (Å²) in [5.74, 6) is 2.03. The van der Waals surface area contributed by atoms with Crippen LogP contribution in [0.3, 0.4) is 0 Å². The number of hydrogen-bond acceptors (Lipinski definition) is 7. The number of ether oxygens (including phenoxy) is 3. The van der Waals surface area contributed by atoms with Gasteiger partial charge in [-0.2, -0.15) is 4.98 Å². The van der Waals surface area contributed by atoms with Gasteiger partial charge in [0.1, 0.15) is 19.0 Å². The molecule has 0 saturated carbocycles. The van der Waals surface area contributed by atoms with Crippen molar-refractivity contribution in [1.82, 2.24) is 14.6 Å². The highest BCUT2D eigenvalue weighted by atomic mass is 32.1. The van der Waals surface area contributed by atoms with E-state index >= 15 is 0 Å². The Balaban J connectivity index is 1.33. The van der Waals surface area contributed by atoms with Crippen molar-refractivity contribution in [3.63, 3.8) is 0 Å². The number of aromatic nitrogens is 3. The number of benzene rings is 2. The number of para-hydroxylation sites is 1. The van der Waals surface area contributed by atoms with Crippen molar-refractivity contribution < 1.29 is 19.0 Å². The number of methoxy groups -OCH3 is 1. The average molecular weight is 434 g/mol. The van der Waals surface area contributed by atoms with Gasteiger partial charge in [-0.15, -0.1) is 16.4 Å². The zero-order valence-corrected chi connectivity index (χ0v) is 17.4. The van der Waals surface area contributed by atoms with Crippen LogP contribution in [0.25, 0.3) is 22.3 Å². The third kappa shape index (κ3) is 3.82. The Kier molecular flexibility index (Phi) is 5.01. The smallest absolute Gasteiger partial charge is 0.250 e. The summed E-state index contributed by atoms with van der Waals surface area (Å²) < 4.78 is 18.2. The van der Waals surface area contributed by atoms with Gasteiger partial charge in [-0.1, -0.05) is 18.2 Å². The van der Waals surface area contributed by atoms with Gasteiger partial charge in [0.25, 0.3) is 11.9 Å². The molecule has 0 radical (unpaired) electrons. The van der Waals surface area contributed by atoms with E-state index in [1.54, 1.807) is 17.7 Å². The van der Waals surface area contributed by atoms with Crippen LogP contribution in [-0.2, 0) is 4.79 Å². The molecule has 2 aromatic carbocycles. The molecule has 1 aliphatic heterocycles. The van der Waals surface area contributed by atoms with E-state index in [2.05, 4.69) is 15.4 Å². The van der Waals surface area contributed by atoms with Gasteiger partial charge in [0.2, 0.25) is 4.96 Å². The Morgan fingerprint density at radius 2 is 2.03 bits per heavy atom. The van der Waals surface area contributed by atoms with Gasteiger partial charge in [0, 0.05) is 17.0 Å². The zero-order valence-electron chi connectivity index (χ0n) is 16.6. The maximum absolute atomic E-state index is 12.4. The van der Waals surface area contributed by atoms with Crippen LogP contribution < -0.4 is 19.5 Å². The highest BCUT2D eigenvalue weighted by Gasteiger charge is 2.15. The van der Waals surface area contributed by atoms with Gasteiger partial charge in [-0.25, -0.2) is 4.52 Å². The van der Waals surface area contributed by atoms with E-state index in [0.717, 1.165) is 22.6 Å². The predicted octanol–water partition coefficient (Wildman–Crippen LogP) is 3.89. The molecule has 31 heavy (non-hydrogen) atoms. The second kappa shape index (κ2) is 8.11. The number of amides is 1. The molecule has 5 rings (SSSR count). The summed E-state index contributed by atoms with van der Waals surface area (Å²) in [6, 6.07) is 13.2. The van der Waals surface area contributed by atoms with E-state index in [4.69, 9.17) is 14.2 Å². The van der Waals surface area contributed by atoms with Gasteiger partial charge in [-0.05, 0) is 35.9 Å². The lowest BCUT2D eigenvalue weighted by molar-refractivity contribution is -0.111. The normalized spacial score (nSPS) is 12.9. The Bertz CT molecular complexity index is 1290. The van der Waals surface area contributed by atoms with Crippen LogP contribution in [0.4, 0.5) is 5.95 Å². The van der Waals surface area contributed by atoms with Crippen LogP contribution in [0.5, 0.6) is 17.2 Å². The second-order valence-electron chi connectivity index (χ2n) is 6.68. The molecule has 0 spiro atoms. The highest BCUT2D eigenvalue weighted by Crippen LogP contribution is 2.33. The molecule has 9 heteroatoms. The maximum Gasteiger partial charge on any atom is 0.250 e. The summed E-state index contributed by atoms with van der Waals surface area (Å²) in [7, 11) is 1.63. The van der Waals surface area contributed by atoms with E-state index in [0.29, 0.717) is 29.7 Å². The van der Waals surface area contributed by atoms with Crippen molar-refractivity contribution in [3.8, 4) is 28.5 Å². The first-order chi connectivity index (χ1) is 15.2. The third-order valence-electron chi connectivity index (χ3n) is 4.69. The largest absolute Gasteiger partial charge is 0.496 e. The average Bonchev–Trinajstić information content (AvgIpc) is 3.37. The van der Waals surface area contributed by atoms with Crippen LogP contribution in [0, 0.1) is 0 Å². The number of nitrogens with one attached hydrogen (secondary N) is 1. The first kappa shape index (κ1) is 19.1. The van der Waals surface area contributed by atoms with Crippen molar-refractivity contribution >= 4 is 34.2 Å². The van der Waals surface area contributed by atoms with E-state index in [9.17, 15) is 4.79 Å². The summed E-state index contributed by atoms with van der Waals surface area (Å²) >= 11 is 1.44. The van der Waals surface area contributed by atoms with Crippen molar-refractivity contribution in [1.29, 1.82) is 0 Å². The molecule has 156 valence electrons. The summed E-state index contributed by atoms with van der Waals surface area (Å²) in [4.78, 5) is 17.4. The highest BCUT2D eigenvalue weighted by molar-refractivity contribution is 7.15. The molecule has 0 fully saturated rings. The topological polar surface area (TPSA) is 87.0 Å². The van der Waals surface area contributed by atoms with Crippen molar-refractivity contribution in [2.45, 2.75) is 0 Å². The number of thiazole rings is 1. The van der Waals surface area contributed by atoms with Crippen LogP contribution in [0.2, 0.25) is 0 Å². The summed E-state index contributed by atoms with van der Waals surface area (Å²) in [6.45, 7) is 1.05. The van der Waals surface area contributed by atoms with E-state index in [1.807, 2.05) is 47.8 Å². The number of carbonyl (C=O) groups excluding carboxylic acids is 1. The molecular weight excluding hydrogens is 416 g/mol. The second-order valence-corrected chi connectivity index (χ2v) is 7.51. The molecular formula is C22H18N4O4S.